The first-order valence-electron chi connectivity index (χ1n) is 7.25. The molecular weight excluding hydrogens is 268 g/mol. The van der Waals surface area contributed by atoms with Crippen LogP contribution in [0.15, 0.2) is 30.5 Å². The summed E-state index contributed by atoms with van der Waals surface area (Å²) in [5, 5.41) is 18.8. The summed E-state index contributed by atoms with van der Waals surface area (Å²) in [7, 11) is 0. The van der Waals surface area contributed by atoms with Gasteiger partial charge in [0.1, 0.15) is 5.52 Å². The molecule has 1 atom stereocenters. The Morgan fingerprint density at radius 2 is 2.24 bits per heavy atom. The number of para-hydroxylation sites is 1. The highest BCUT2D eigenvalue weighted by molar-refractivity contribution is 5.96. The number of hydrogen-bond donors (Lipinski definition) is 2. The first kappa shape index (κ1) is 13.8. The molecule has 21 heavy (non-hydrogen) atoms. The van der Waals surface area contributed by atoms with Gasteiger partial charge in [-0.1, -0.05) is 18.6 Å². The van der Waals surface area contributed by atoms with Crippen molar-refractivity contribution < 1.29 is 4.92 Å². The Kier molecular flexibility index (Phi) is 3.96. The minimum atomic E-state index is -0.383. The van der Waals surface area contributed by atoms with Crippen molar-refractivity contribution >= 4 is 22.3 Å². The van der Waals surface area contributed by atoms with Crippen molar-refractivity contribution in [3.8, 4) is 0 Å². The molecular formula is C15H18N4O2. The normalized spacial score (nSPS) is 19.1. The van der Waals surface area contributed by atoms with Gasteiger partial charge < -0.3 is 10.6 Å². The van der Waals surface area contributed by atoms with Gasteiger partial charge in [-0.25, -0.2) is 4.98 Å². The van der Waals surface area contributed by atoms with Crippen LogP contribution in [-0.2, 0) is 0 Å². The van der Waals surface area contributed by atoms with E-state index in [4.69, 9.17) is 0 Å². The number of fused-ring (bicyclic) bond motifs is 1. The average Bonchev–Trinajstić information content (AvgIpc) is 2.75. The summed E-state index contributed by atoms with van der Waals surface area (Å²) in [5.74, 6) is 0. The molecule has 0 radical (unpaired) electrons. The van der Waals surface area contributed by atoms with Crippen LogP contribution in [0.2, 0.25) is 0 Å². The fourth-order valence-electron chi connectivity index (χ4n) is 2.80. The Labute approximate surface area is 122 Å². The summed E-state index contributed by atoms with van der Waals surface area (Å²) >= 11 is 0. The van der Waals surface area contributed by atoms with E-state index in [0.29, 0.717) is 11.6 Å². The van der Waals surface area contributed by atoms with Crippen LogP contribution in [0, 0.1) is 10.1 Å². The molecule has 0 amide bonds. The molecule has 1 unspecified atom stereocenters. The summed E-state index contributed by atoms with van der Waals surface area (Å²) < 4.78 is 0. The lowest BCUT2D eigenvalue weighted by Crippen LogP contribution is -2.30. The molecule has 1 aromatic carbocycles. The van der Waals surface area contributed by atoms with Crippen LogP contribution >= 0.6 is 0 Å². The average molecular weight is 286 g/mol. The number of hydrogen-bond acceptors (Lipinski definition) is 5. The maximum absolute atomic E-state index is 11.1. The maximum atomic E-state index is 11.1. The molecule has 2 heterocycles. The molecule has 1 fully saturated rings. The summed E-state index contributed by atoms with van der Waals surface area (Å²) in [6.45, 7) is 1.97. The van der Waals surface area contributed by atoms with Crippen LogP contribution in [0.3, 0.4) is 0 Å². The van der Waals surface area contributed by atoms with Crippen LogP contribution in [0.25, 0.3) is 10.9 Å². The van der Waals surface area contributed by atoms with E-state index in [1.165, 1.54) is 18.9 Å². The molecule has 1 aliphatic rings. The van der Waals surface area contributed by atoms with E-state index in [1.807, 2.05) is 12.1 Å². The Morgan fingerprint density at radius 1 is 1.33 bits per heavy atom. The van der Waals surface area contributed by atoms with Gasteiger partial charge in [-0.2, -0.15) is 0 Å². The molecule has 110 valence electrons. The summed E-state index contributed by atoms with van der Waals surface area (Å²) in [6.07, 6.45) is 5.11. The van der Waals surface area contributed by atoms with Crippen LogP contribution in [0.5, 0.6) is 0 Å². The molecule has 0 saturated carbocycles. The summed E-state index contributed by atoms with van der Waals surface area (Å²) in [6, 6.07) is 7.31. The number of nitrogens with one attached hydrogen (secondary N) is 2. The minimum Gasteiger partial charge on any atom is -0.380 e. The third kappa shape index (κ3) is 2.95. The predicted octanol–water partition coefficient (Wildman–Crippen LogP) is 2.70. The topological polar surface area (TPSA) is 80.1 Å². The Bertz CT molecular complexity index is 651. The number of benzene rings is 1. The van der Waals surface area contributed by atoms with Gasteiger partial charge in [0.2, 0.25) is 0 Å². The molecule has 1 saturated heterocycles. The number of nitro groups is 1. The molecule has 6 nitrogen and oxygen atoms in total. The van der Waals surface area contributed by atoms with Gasteiger partial charge in [0, 0.05) is 35.9 Å². The third-order valence-corrected chi connectivity index (χ3v) is 3.85. The van der Waals surface area contributed by atoms with Crippen molar-refractivity contribution in [2.75, 3.05) is 18.4 Å². The SMILES string of the molecule is O=[N+]([O-])c1cccc2c(NC3CCCCNC3)ccnc12. The van der Waals surface area contributed by atoms with E-state index in [0.717, 1.165) is 30.6 Å². The molecule has 1 aliphatic heterocycles. The van der Waals surface area contributed by atoms with E-state index in [9.17, 15) is 10.1 Å². The fraction of sp³-hybridized carbons (Fsp3) is 0.400. The minimum absolute atomic E-state index is 0.0511. The highest BCUT2D eigenvalue weighted by Gasteiger charge is 2.17. The van der Waals surface area contributed by atoms with Gasteiger partial charge in [0.25, 0.3) is 5.69 Å². The van der Waals surface area contributed by atoms with E-state index < -0.39 is 0 Å². The fourth-order valence-corrected chi connectivity index (χ4v) is 2.80. The third-order valence-electron chi connectivity index (χ3n) is 3.85. The number of nitrogens with zero attached hydrogens (tertiary/aromatic N) is 2. The summed E-state index contributed by atoms with van der Waals surface area (Å²) in [4.78, 5) is 14.9. The van der Waals surface area contributed by atoms with Crippen molar-refractivity contribution in [1.29, 1.82) is 0 Å². The number of rotatable bonds is 3. The van der Waals surface area contributed by atoms with Crippen LogP contribution in [0.1, 0.15) is 19.3 Å². The van der Waals surface area contributed by atoms with Gasteiger partial charge in [0.05, 0.1) is 4.92 Å². The van der Waals surface area contributed by atoms with Crippen LogP contribution in [-0.4, -0.2) is 29.0 Å². The van der Waals surface area contributed by atoms with Crippen molar-refractivity contribution in [2.24, 2.45) is 0 Å². The molecule has 2 N–H and O–H groups in total. The highest BCUT2D eigenvalue weighted by Crippen LogP contribution is 2.29. The van der Waals surface area contributed by atoms with Gasteiger partial charge in [-0.15, -0.1) is 0 Å². The number of nitro benzene ring substituents is 1. The van der Waals surface area contributed by atoms with Crippen LogP contribution in [0.4, 0.5) is 11.4 Å². The number of non-ortho nitro benzene ring substituents is 1. The summed E-state index contributed by atoms with van der Waals surface area (Å²) in [5.41, 5.74) is 1.40. The van der Waals surface area contributed by atoms with Crippen molar-refractivity contribution in [1.82, 2.24) is 10.3 Å². The van der Waals surface area contributed by atoms with Gasteiger partial charge >= 0.3 is 0 Å². The molecule has 1 aromatic heterocycles. The highest BCUT2D eigenvalue weighted by atomic mass is 16.6. The second kappa shape index (κ2) is 6.05. The lowest BCUT2D eigenvalue weighted by molar-refractivity contribution is -0.383. The first-order chi connectivity index (χ1) is 10.3. The number of pyridine rings is 1. The Morgan fingerprint density at radius 3 is 3.10 bits per heavy atom. The second-order valence-electron chi connectivity index (χ2n) is 5.33. The lowest BCUT2D eigenvalue weighted by Gasteiger charge is -2.18. The van der Waals surface area contributed by atoms with Crippen molar-refractivity contribution in [2.45, 2.75) is 25.3 Å². The van der Waals surface area contributed by atoms with Crippen LogP contribution < -0.4 is 10.6 Å². The number of aromatic nitrogens is 1. The zero-order valence-electron chi connectivity index (χ0n) is 11.7. The predicted molar refractivity (Wildman–Crippen MR) is 82.5 cm³/mol. The van der Waals surface area contributed by atoms with Gasteiger partial charge in [-0.05, 0) is 25.5 Å². The monoisotopic (exact) mass is 286 g/mol. The molecule has 6 heteroatoms. The Hall–Kier alpha value is -2.21. The molecule has 0 bridgehead atoms. The van der Waals surface area contributed by atoms with Crippen molar-refractivity contribution in [3.63, 3.8) is 0 Å². The molecule has 0 spiro atoms. The first-order valence-corrected chi connectivity index (χ1v) is 7.25. The van der Waals surface area contributed by atoms with Gasteiger partial charge in [0.15, 0.2) is 0 Å². The van der Waals surface area contributed by atoms with E-state index in [-0.39, 0.29) is 10.6 Å². The second-order valence-corrected chi connectivity index (χ2v) is 5.33. The maximum Gasteiger partial charge on any atom is 0.295 e. The lowest BCUT2D eigenvalue weighted by atomic mass is 10.1. The zero-order valence-corrected chi connectivity index (χ0v) is 11.7. The largest absolute Gasteiger partial charge is 0.380 e. The van der Waals surface area contributed by atoms with E-state index >= 15 is 0 Å². The molecule has 3 rings (SSSR count). The zero-order chi connectivity index (χ0) is 14.7. The van der Waals surface area contributed by atoms with Gasteiger partial charge in [-0.3, -0.25) is 10.1 Å². The quantitative estimate of drug-likeness (QED) is 0.670. The van der Waals surface area contributed by atoms with E-state index in [2.05, 4.69) is 15.6 Å². The van der Waals surface area contributed by atoms with Crippen molar-refractivity contribution in [3.05, 3.63) is 40.6 Å². The smallest absolute Gasteiger partial charge is 0.295 e. The Balaban J connectivity index is 1.95. The standard InChI is InChI=1S/C15H18N4O2/c20-19(21)14-6-3-5-12-13(7-9-17-15(12)14)18-11-4-1-2-8-16-10-11/h3,5-7,9,11,16H,1-2,4,8,10H2,(H,17,18). The van der Waals surface area contributed by atoms with E-state index in [1.54, 1.807) is 12.3 Å². The number of anilines is 1. The molecule has 0 aliphatic carbocycles. The molecule has 2 aromatic rings.